The van der Waals surface area contributed by atoms with Crippen molar-refractivity contribution in [2.24, 2.45) is 22.7 Å². The molecule has 0 heterocycles. The largest absolute Gasteiger partial charge is 0.410 e. The first-order valence-corrected chi connectivity index (χ1v) is 14.6. The van der Waals surface area contributed by atoms with E-state index < -0.39 is 8.32 Å². The summed E-state index contributed by atoms with van der Waals surface area (Å²) >= 11 is 0. The molecule has 2 fully saturated rings. The molecular weight excluding hydrogens is 352 g/mol. The third-order valence-electron chi connectivity index (χ3n) is 8.08. The van der Waals surface area contributed by atoms with Crippen molar-refractivity contribution < 1.29 is 14.0 Å². The molecule has 27 heavy (non-hydrogen) atoms. The number of rotatable bonds is 9. The van der Waals surface area contributed by atoms with Crippen molar-refractivity contribution in [3.8, 4) is 0 Å². The summed E-state index contributed by atoms with van der Waals surface area (Å²) in [5, 5.41) is 0. The molecule has 2 saturated carbocycles. The zero-order valence-electron chi connectivity index (χ0n) is 19.2. The van der Waals surface area contributed by atoms with Gasteiger partial charge >= 0.3 is 0 Å². The average molecular weight is 397 g/mol. The minimum absolute atomic E-state index is 0.133. The second-order valence-corrected chi connectivity index (χ2v) is 15.3. The van der Waals surface area contributed by atoms with Crippen LogP contribution in [0, 0.1) is 22.7 Å². The van der Waals surface area contributed by atoms with Gasteiger partial charge < -0.3 is 9.16 Å². The molecule has 0 radical (unpaired) electrons. The fourth-order valence-corrected chi connectivity index (χ4v) is 7.43. The molecular formula is C23H44O3Si. The molecule has 0 aromatic heterocycles. The Labute approximate surface area is 169 Å². The first-order valence-electron chi connectivity index (χ1n) is 11.2. The predicted octanol–water partition coefficient (Wildman–Crippen LogP) is 6.23. The summed E-state index contributed by atoms with van der Waals surface area (Å²) in [6.45, 7) is 19.8. The Bertz CT molecular complexity index is 518. The molecule has 0 spiro atoms. The fraction of sp³-hybridized carbons (Fsp3) is 0.957. The normalized spacial score (nSPS) is 31.2. The third kappa shape index (κ3) is 4.70. The average Bonchev–Trinajstić information content (AvgIpc) is 2.77. The standard InChI is InChI=1S/C23H44O3Si/c1-9-23(10-2,26-27(6,7)8)17-25-15-13-18-16-19-20(24)12-11-14-22(19,5)21(18,3)4/h18-19H,9-17H2,1-8H3. The second-order valence-electron chi connectivity index (χ2n) is 10.9. The van der Waals surface area contributed by atoms with Crippen LogP contribution in [0.15, 0.2) is 0 Å². The molecule has 3 unspecified atom stereocenters. The highest BCUT2D eigenvalue weighted by molar-refractivity contribution is 6.69. The van der Waals surface area contributed by atoms with Gasteiger partial charge in [0.25, 0.3) is 0 Å². The van der Waals surface area contributed by atoms with Crippen molar-refractivity contribution in [1.29, 1.82) is 0 Å². The minimum atomic E-state index is -1.60. The second kappa shape index (κ2) is 8.28. The smallest absolute Gasteiger partial charge is 0.184 e. The van der Waals surface area contributed by atoms with Gasteiger partial charge in [-0.25, -0.2) is 0 Å². The van der Waals surface area contributed by atoms with Gasteiger partial charge in [-0.1, -0.05) is 34.6 Å². The van der Waals surface area contributed by atoms with Crippen LogP contribution in [0.2, 0.25) is 19.6 Å². The van der Waals surface area contributed by atoms with Crippen LogP contribution in [0.1, 0.15) is 79.6 Å². The van der Waals surface area contributed by atoms with Crippen molar-refractivity contribution >= 4 is 14.1 Å². The van der Waals surface area contributed by atoms with Gasteiger partial charge in [-0.15, -0.1) is 0 Å². The maximum Gasteiger partial charge on any atom is 0.184 e. The Morgan fingerprint density at radius 1 is 1.15 bits per heavy atom. The topological polar surface area (TPSA) is 35.5 Å². The van der Waals surface area contributed by atoms with E-state index in [0.29, 0.717) is 18.3 Å². The van der Waals surface area contributed by atoms with Crippen LogP contribution in [0.4, 0.5) is 0 Å². The van der Waals surface area contributed by atoms with E-state index in [2.05, 4.69) is 54.3 Å². The lowest BCUT2D eigenvalue weighted by Crippen LogP contribution is -2.45. The van der Waals surface area contributed by atoms with Crippen LogP contribution in [0.5, 0.6) is 0 Å². The van der Waals surface area contributed by atoms with Gasteiger partial charge in [0.05, 0.1) is 12.2 Å². The zero-order chi connectivity index (χ0) is 20.5. The molecule has 0 aliphatic heterocycles. The van der Waals surface area contributed by atoms with Crippen molar-refractivity contribution in [3.63, 3.8) is 0 Å². The van der Waals surface area contributed by atoms with E-state index in [0.717, 1.165) is 45.1 Å². The number of carbonyl (C=O) groups excluding carboxylic acids is 1. The van der Waals surface area contributed by atoms with E-state index in [4.69, 9.17) is 9.16 Å². The number of hydrogen-bond acceptors (Lipinski definition) is 3. The van der Waals surface area contributed by atoms with Crippen LogP contribution < -0.4 is 0 Å². The molecule has 158 valence electrons. The summed E-state index contributed by atoms with van der Waals surface area (Å²) in [7, 11) is -1.60. The predicted molar refractivity (Wildman–Crippen MR) is 116 cm³/mol. The lowest BCUT2D eigenvalue weighted by atomic mass is 9.58. The molecule has 0 aromatic carbocycles. The molecule has 3 atom stereocenters. The zero-order valence-corrected chi connectivity index (χ0v) is 20.2. The summed E-state index contributed by atoms with van der Waals surface area (Å²) in [4.78, 5) is 12.5. The van der Waals surface area contributed by atoms with E-state index in [1.54, 1.807) is 0 Å². The molecule has 3 nitrogen and oxygen atoms in total. The quantitative estimate of drug-likeness (QED) is 0.342. The summed E-state index contributed by atoms with van der Waals surface area (Å²) in [5.74, 6) is 1.36. The Morgan fingerprint density at radius 2 is 1.78 bits per heavy atom. The number of carbonyl (C=O) groups is 1. The van der Waals surface area contributed by atoms with Crippen LogP contribution in [0.25, 0.3) is 0 Å². The summed E-state index contributed by atoms with van der Waals surface area (Å²) in [5.41, 5.74) is 0.245. The SMILES string of the molecule is CCC(CC)(COCCC1CC2C(=O)CCCC2(C)C1(C)C)O[Si](C)(C)C. The van der Waals surface area contributed by atoms with Crippen molar-refractivity contribution in [3.05, 3.63) is 0 Å². The van der Waals surface area contributed by atoms with E-state index in [1.165, 1.54) is 6.42 Å². The Kier molecular flexibility index (Phi) is 7.08. The molecule has 0 amide bonds. The highest BCUT2D eigenvalue weighted by Gasteiger charge is 2.59. The molecule has 0 saturated heterocycles. The minimum Gasteiger partial charge on any atom is -0.410 e. The molecule has 4 heteroatoms. The third-order valence-corrected chi connectivity index (χ3v) is 9.12. The van der Waals surface area contributed by atoms with Crippen LogP contribution >= 0.6 is 0 Å². The fourth-order valence-electron chi connectivity index (χ4n) is 5.78. The van der Waals surface area contributed by atoms with Crippen molar-refractivity contribution in [2.75, 3.05) is 13.2 Å². The number of ether oxygens (including phenoxy) is 1. The first-order chi connectivity index (χ1) is 12.4. The molecule has 2 aliphatic rings. The lowest BCUT2D eigenvalue weighted by molar-refractivity contribution is -0.131. The van der Waals surface area contributed by atoms with Crippen LogP contribution in [-0.2, 0) is 14.0 Å². The Balaban J connectivity index is 1.94. The van der Waals surface area contributed by atoms with Crippen LogP contribution in [-0.4, -0.2) is 32.9 Å². The molecule has 0 aromatic rings. The summed E-state index contributed by atoms with van der Waals surface area (Å²) < 4.78 is 12.7. The maximum absolute atomic E-state index is 12.5. The molecule has 2 rings (SSSR count). The number of fused-ring (bicyclic) bond motifs is 1. The van der Waals surface area contributed by atoms with Crippen molar-refractivity contribution in [1.82, 2.24) is 0 Å². The summed E-state index contributed by atoms with van der Waals surface area (Å²) in [6, 6.07) is 0. The maximum atomic E-state index is 12.5. The highest BCUT2D eigenvalue weighted by atomic mass is 28.4. The van der Waals surface area contributed by atoms with Gasteiger partial charge in [0.15, 0.2) is 8.32 Å². The molecule has 2 aliphatic carbocycles. The number of ketones is 1. The van der Waals surface area contributed by atoms with E-state index in [9.17, 15) is 4.79 Å². The molecule has 0 bridgehead atoms. The monoisotopic (exact) mass is 396 g/mol. The lowest BCUT2D eigenvalue weighted by Gasteiger charge is -2.46. The molecule has 0 N–H and O–H groups in total. The first kappa shape index (κ1) is 23.1. The van der Waals surface area contributed by atoms with Gasteiger partial charge in [-0.2, -0.15) is 0 Å². The number of hydrogen-bond donors (Lipinski definition) is 0. The van der Waals surface area contributed by atoms with Gasteiger partial charge in [-0.05, 0) is 74.9 Å². The van der Waals surface area contributed by atoms with E-state index in [1.807, 2.05) is 0 Å². The van der Waals surface area contributed by atoms with Crippen LogP contribution in [0.3, 0.4) is 0 Å². The van der Waals surface area contributed by atoms with E-state index in [-0.39, 0.29) is 22.3 Å². The number of Topliss-reactive ketones (excluding diaryl/α,β-unsaturated/α-hetero) is 1. The summed E-state index contributed by atoms with van der Waals surface area (Å²) in [6.07, 6.45) is 7.18. The van der Waals surface area contributed by atoms with Gasteiger partial charge in [0.1, 0.15) is 5.78 Å². The Hall–Kier alpha value is -0.193. The highest BCUT2D eigenvalue weighted by Crippen LogP contribution is 2.64. The van der Waals surface area contributed by atoms with E-state index >= 15 is 0 Å². The van der Waals surface area contributed by atoms with Gasteiger partial charge in [0.2, 0.25) is 0 Å². The Morgan fingerprint density at radius 3 is 2.30 bits per heavy atom. The van der Waals surface area contributed by atoms with Crippen molar-refractivity contribution in [2.45, 2.75) is 105 Å². The van der Waals surface area contributed by atoms with Gasteiger partial charge in [0, 0.05) is 18.9 Å². The van der Waals surface area contributed by atoms with Gasteiger partial charge in [-0.3, -0.25) is 4.79 Å².